The van der Waals surface area contributed by atoms with E-state index in [-0.39, 0.29) is 30.0 Å². The Balaban J connectivity index is 1.69. The smallest absolute Gasteiger partial charge is 0.224 e. The van der Waals surface area contributed by atoms with Crippen LogP contribution in [-0.4, -0.2) is 24.0 Å². The van der Waals surface area contributed by atoms with Crippen LogP contribution in [-0.2, 0) is 11.3 Å². The Morgan fingerprint density at radius 1 is 1.38 bits per heavy atom. The lowest BCUT2D eigenvalue weighted by Gasteiger charge is -2.13. The maximum Gasteiger partial charge on any atom is 0.224 e. The Kier molecular flexibility index (Phi) is 5.00. The van der Waals surface area contributed by atoms with Crippen LogP contribution in [0.25, 0.3) is 0 Å². The van der Waals surface area contributed by atoms with Crippen LogP contribution in [0.3, 0.4) is 0 Å². The molecular formula is C17H17F2N3O2. The van der Waals surface area contributed by atoms with Crippen LogP contribution in [0.2, 0.25) is 0 Å². The third-order valence-electron chi connectivity index (χ3n) is 3.83. The molecule has 24 heavy (non-hydrogen) atoms. The predicted molar refractivity (Wildman–Crippen MR) is 83.5 cm³/mol. The molecule has 0 saturated carbocycles. The number of nitrogens with zero attached hydrogens (tertiary/aromatic N) is 1. The molecule has 0 bridgehead atoms. The number of amides is 1. The summed E-state index contributed by atoms with van der Waals surface area (Å²) in [4.78, 5) is 16.1. The summed E-state index contributed by atoms with van der Waals surface area (Å²) >= 11 is 0. The lowest BCUT2D eigenvalue weighted by molar-refractivity contribution is -0.124. The van der Waals surface area contributed by atoms with Gasteiger partial charge in [0.1, 0.15) is 5.82 Å². The van der Waals surface area contributed by atoms with Crippen LogP contribution < -0.4 is 15.4 Å². The summed E-state index contributed by atoms with van der Waals surface area (Å²) in [5, 5.41) is 5.97. The van der Waals surface area contributed by atoms with E-state index in [4.69, 9.17) is 4.74 Å². The largest absolute Gasteiger partial charge is 0.436 e. The second-order valence-electron chi connectivity index (χ2n) is 5.55. The molecule has 1 atom stereocenters. The van der Waals surface area contributed by atoms with Crippen molar-refractivity contribution in [2.24, 2.45) is 5.92 Å². The fourth-order valence-corrected chi connectivity index (χ4v) is 2.52. The summed E-state index contributed by atoms with van der Waals surface area (Å²) in [6.45, 7) is 1.73. The maximum atomic E-state index is 13.7. The molecule has 2 heterocycles. The van der Waals surface area contributed by atoms with E-state index in [2.05, 4.69) is 15.6 Å². The number of pyridine rings is 1. The first-order chi connectivity index (χ1) is 11.6. The molecule has 126 valence electrons. The fraction of sp³-hybridized carbons (Fsp3) is 0.294. The topological polar surface area (TPSA) is 63.2 Å². The second-order valence-corrected chi connectivity index (χ2v) is 5.55. The van der Waals surface area contributed by atoms with Crippen molar-refractivity contribution in [3.8, 4) is 11.6 Å². The third kappa shape index (κ3) is 3.86. The lowest BCUT2D eigenvalue weighted by atomic mass is 10.1. The van der Waals surface area contributed by atoms with Crippen LogP contribution in [0, 0.1) is 17.6 Å². The van der Waals surface area contributed by atoms with Crippen molar-refractivity contribution >= 4 is 5.91 Å². The molecule has 3 rings (SSSR count). The molecule has 7 heteroatoms. The number of nitrogens with one attached hydrogen (secondary N) is 2. The van der Waals surface area contributed by atoms with E-state index in [1.54, 1.807) is 12.1 Å². The van der Waals surface area contributed by atoms with Gasteiger partial charge in [-0.2, -0.15) is 0 Å². The quantitative estimate of drug-likeness (QED) is 0.882. The first-order valence-electron chi connectivity index (χ1n) is 7.68. The van der Waals surface area contributed by atoms with Crippen molar-refractivity contribution in [1.82, 2.24) is 15.6 Å². The van der Waals surface area contributed by atoms with Crippen LogP contribution in [0.1, 0.15) is 12.0 Å². The zero-order valence-corrected chi connectivity index (χ0v) is 12.9. The number of hydrogen-bond acceptors (Lipinski definition) is 4. The minimum atomic E-state index is -0.812. The van der Waals surface area contributed by atoms with Gasteiger partial charge in [0.05, 0.1) is 5.92 Å². The number of rotatable bonds is 5. The molecular weight excluding hydrogens is 316 g/mol. The van der Waals surface area contributed by atoms with Crippen LogP contribution >= 0.6 is 0 Å². The van der Waals surface area contributed by atoms with E-state index in [1.165, 1.54) is 12.3 Å². The SMILES string of the molecule is O=C(NCc1cccnc1Oc1ccc(F)cc1F)[C@H]1CCNC1. The van der Waals surface area contributed by atoms with Gasteiger partial charge < -0.3 is 15.4 Å². The maximum absolute atomic E-state index is 13.7. The van der Waals surface area contributed by atoms with Crippen molar-refractivity contribution in [1.29, 1.82) is 0 Å². The third-order valence-corrected chi connectivity index (χ3v) is 3.83. The number of carbonyl (C=O) groups is 1. The van der Waals surface area contributed by atoms with Crippen LogP contribution in [0.4, 0.5) is 8.78 Å². The van der Waals surface area contributed by atoms with E-state index in [9.17, 15) is 13.6 Å². The fourth-order valence-electron chi connectivity index (χ4n) is 2.52. The summed E-state index contributed by atoms with van der Waals surface area (Å²) in [6, 6.07) is 6.48. The molecule has 2 N–H and O–H groups in total. The minimum Gasteiger partial charge on any atom is -0.436 e. The van der Waals surface area contributed by atoms with E-state index < -0.39 is 11.6 Å². The number of benzene rings is 1. The number of ether oxygens (including phenoxy) is 1. The molecule has 5 nitrogen and oxygen atoms in total. The van der Waals surface area contributed by atoms with Gasteiger partial charge in [0.2, 0.25) is 11.8 Å². The number of carbonyl (C=O) groups excluding carboxylic acids is 1. The average molecular weight is 333 g/mol. The first kappa shape index (κ1) is 16.3. The molecule has 1 aliphatic rings. The molecule has 0 aliphatic carbocycles. The molecule has 0 radical (unpaired) electrons. The monoisotopic (exact) mass is 333 g/mol. The van der Waals surface area contributed by atoms with Crippen molar-refractivity contribution < 1.29 is 18.3 Å². The van der Waals surface area contributed by atoms with Gasteiger partial charge in [-0.15, -0.1) is 0 Å². The molecule has 1 aromatic heterocycles. The van der Waals surface area contributed by atoms with Gasteiger partial charge in [0.25, 0.3) is 0 Å². The summed E-state index contributed by atoms with van der Waals surface area (Å²) in [5.41, 5.74) is 0.612. The highest BCUT2D eigenvalue weighted by molar-refractivity contribution is 5.79. The predicted octanol–water partition coefficient (Wildman–Crippen LogP) is 2.38. The van der Waals surface area contributed by atoms with Gasteiger partial charge in [0.15, 0.2) is 11.6 Å². The van der Waals surface area contributed by atoms with Gasteiger partial charge in [-0.1, -0.05) is 6.07 Å². The van der Waals surface area contributed by atoms with Gasteiger partial charge >= 0.3 is 0 Å². The Morgan fingerprint density at radius 2 is 2.25 bits per heavy atom. The number of hydrogen-bond donors (Lipinski definition) is 2. The van der Waals surface area contributed by atoms with Crippen LogP contribution in [0.15, 0.2) is 36.5 Å². The van der Waals surface area contributed by atoms with E-state index >= 15 is 0 Å². The molecule has 2 aromatic rings. The van der Waals surface area contributed by atoms with Crippen LogP contribution in [0.5, 0.6) is 11.6 Å². The van der Waals surface area contributed by atoms with Gasteiger partial charge in [-0.05, 0) is 31.2 Å². The lowest BCUT2D eigenvalue weighted by Crippen LogP contribution is -2.31. The van der Waals surface area contributed by atoms with E-state index in [0.717, 1.165) is 25.1 Å². The molecule has 0 spiro atoms. The molecule has 1 saturated heterocycles. The Morgan fingerprint density at radius 3 is 3.00 bits per heavy atom. The number of halogens is 2. The average Bonchev–Trinajstić information content (AvgIpc) is 3.11. The van der Waals surface area contributed by atoms with Gasteiger partial charge in [-0.25, -0.2) is 13.8 Å². The highest BCUT2D eigenvalue weighted by Crippen LogP contribution is 2.26. The summed E-state index contributed by atoms with van der Waals surface area (Å²) in [5.74, 6) is -1.52. The standard InChI is InChI=1S/C17H17F2N3O2/c18-13-3-4-15(14(19)8-13)24-17-12(2-1-6-21-17)10-22-16(23)11-5-7-20-9-11/h1-4,6,8,11,20H,5,7,9-10H2,(H,22,23)/t11-/m0/s1. The zero-order valence-electron chi connectivity index (χ0n) is 12.9. The van der Waals surface area contributed by atoms with Gasteiger partial charge in [-0.3, -0.25) is 4.79 Å². The van der Waals surface area contributed by atoms with E-state index in [1.807, 2.05) is 0 Å². The summed E-state index contributed by atoms with van der Waals surface area (Å²) < 4.78 is 32.1. The zero-order chi connectivity index (χ0) is 16.9. The molecule has 0 unspecified atom stereocenters. The Hall–Kier alpha value is -2.54. The molecule has 1 amide bonds. The van der Waals surface area contributed by atoms with Crippen molar-refractivity contribution in [2.45, 2.75) is 13.0 Å². The minimum absolute atomic E-state index is 0.0391. The van der Waals surface area contributed by atoms with E-state index in [0.29, 0.717) is 12.1 Å². The molecule has 1 aliphatic heterocycles. The Bertz CT molecular complexity index is 734. The van der Waals surface area contributed by atoms with Gasteiger partial charge in [0, 0.05) is 30.9 Å². The second kappa shape index (κ2) is 7.35. The highest BCUT2D eigenvalue weighted by atomic mass is 19.1. The first-order valence-corrected chi connectivity index (χ1v) is 7.68. The highest BCUT2D eigenvalue weighted by Gasteiger charge is 2.22. The Labute approximate surface area is 138 Å². The van der Waals surface area contributed by atoms with Crippen molar-refractivity contribution in [3.05, 3.63) is 53.7 Å². The molecule has 1 aromatic carbocycles. The summed E-state index contributed by atoms with van der Waals surface area (Å²) in [7, 11) is 0. The molecule has 1 fully saturated rings. The summed E-state index contributed by atoms with van der Waals surface area (Å²) in [6.07, 6.45) is 2.31. The van der Waals surface area contributed by atoms with Crippen molar-refractivity contribution in [2.75, 3.05) is 13.1 Å². The normalized spacial score (nSPS) is 16.8. The number of aromatic nitrogens is 1. The van der Waals surface area contributed by atoms with Crippen molar-refractivity contribution in [3.63, 3.8) is 0 Å².